The number of hydrogen-bond donors (Lipinski definition) is 2. The van der Waals surface area contributed by atoms with Crippen molar-refractivity contribution in [2.45, 2.75) is 39.9 Å². The van der Waals surface area contributed by atoms with Crippen LogP contribution in [0.5, 0.6) is 0 Å². The van der Waals surface area contributed by atoms with Crippen molar-refractivity contribution < 1.29 is 10.2 Å². The van der Waals surface area contributed by atoms with Gasteiger partial charge in [-0.3, -0.25) is 0 Å². The molecular formula is C9H17NO2. The lowest BCUT2D eigenvalue weighted by Crippen LogP contribution is -2.42. The molecule has 0 saturated heterocycles. The summed E-state index contributed by atoms with van der Waals surface area (Å²) in [5.41, 5.74) is -0.761. The van der Waals surface area contributed by atoms with Crippen molar-refractivity contribution >= 4 is 0 Å². The first kappa shape index (κ1) is 11.4. The van der Waals surface area contributed by atoms with Crippen molar-refractivity contribution in [2.24, 2.45) is 11.3 Å². The quantitative estimate of drug-likeness (QED) is 0.620. The highest BCUT2D eigenvalue weighted by Crippen LogP contribution is 2.29. The van der Waals surface area contributed by atoms with Crippen molar-refractivity contribution in [1.29, 1.82) is 5.26 Å². The van der Waals surface area contributed by atoms with Crippen LogP contribution in [0.2, 0.25) is 0 Å². The first-order chi connectivity index (χ1) is 5.34. The van der Waals surface area contributed by atoms with Crippen LogP contribution in [0.25, 0.3) is 0 Å². The van der Waals surface area contributed by atoms with Crippen LogP contribution >= 0.6 is 0 Å². The van der Waals surface area contributed by atoms with E-state index in [1.807, 2.05) is 13.8 Å². The van der Waals surface area contributed by atoms with Gasteiger partial charge in [0.25, 0.3) is 0 Å². The molecule has 0 saturated carbocycles. The first-order valence-electron chi connectivity index (χ1n) is 4.09. The fourth-order valence-corrected chi connectivity index (χ4v) is 1.19. The third-order valence-corrected chi connectivity index (χ3v) is 2.22. The summed E-state index contributed by atoms with van der Waals surface area (Å²) in [5.74, 6) is 0.0444. The lowest BCUT2D eigenvalue weighted by molar-refractivity contribution is -0.0459. The third-order valence-electron chi connectivity index (χ3n) is 2.22. The van der Waals surface area contributed by atoms with E-state index < -0.39 is 17.6 Å². The van der Waals surface area contributed by atoms with Gasteiger partial charge in [-0.15, -0.1) is 0 Å². The molecule has 0 aliphatic carbocycles. The molecule has 12 heavy (non-hydrogen) atoms. The van der Waals surface area contributed by atoms with Crippen molar-refractivity contribution in [3.8, 4) is 6.07 Å². The molecule has 3 nitrogen and oxygen atoms in total. The maximum Gasteiger partial charge on any atom is 0.148 e. The van der Waals surface area contributed by atoms with Gasteiger partial charge < -0.3 is 10.2 Å². The topological polar surface area (TPSA) is 64.2 Å². The fraction of sp³-hybridized carbons (Fsp3) is 0.889. The van der Waals surface area contributed by atoms with Crippen LogP contribution in [0.3, 0.4) is 0 Å². The lowest BCUT2D eigenvalue weighted by Gasteiger charge is -2.34. The van der Waals surface area contributed by atoms with Crippen molar-refractivity contribution in [3.05, 3.63) is 0 Å². The van der Waals surface area contributed by atoms with E-state index >= 15 is 0 Å². The van der Waals surface area contributed by atoms with Gasteiger partial charge >= 0.3 is 0 Å². The minimum Gasteiger partial charge on any atom is -0.392 e. The largest absolute Gasteiger partial charge is 0.392 e. The summed E-state index contributed by atoms with van der Waals surface area (Å²) in [6.07, 6.45) is -1.78. The zero-order chi connectivity index (χ0) is 9.94. The van der Waals surface area contributed by atoms with Crippen LogP contribution in [0.4, 0.5) is 0 Å². The molecule has 0 aromatic carbocycles. The monoisotopic (exact) mass is 171 g/mol. The lowest BCUT2D eigenvalue weighted by atomic mass is 9.77. The van der Waals surface area contributed by atoms with E-state index in [2.05, 4.69) is 0 Å². The minimum atomic E-state index is -1.12. The van der Waals surface area contributed by atoms with Crippen LogP contribution in [0.15, 0.2) is 0 Å². The molecule has 0 aromatic rings. The molecule has 0 spiro atoms. The molecule has 0 unspecified atom stereocenters. The summed E-state index contributed by atoms with van der Waals surface area (Å²) in [7, 11) is 0. The molecule has 70 valence electrons. The van der Waals surface area contributed by atoms with E-state index in [4.69, 9.17) is 5.26 Å². The van der Waals surface area contributed by atoms with Gasteiger partial charge in [-0.2, -0.15) is 5.26 Å². The molecule has 2 N–H and O–H groups in total. The summed E-state index contributed by atoms with van der Waals surface area (Å²) in [4.78, 5) is 0. The van der Waals surface area contributed by atoms with Gasteiger partial charge in [-0.1, -0.05) is 27.7 Å². The summed E-state index contributed by atoms with van der Waals surface area (Å²) in [6, 6.07) is 1.74. The van der Waals surface area contributed by atoms with Gasteiger partial charge in [0.05, 0.1) is 12.2 Å². The van der Waals surface area contributed by atoms with Gasteiger partial charge in [0.15, 0.2) is 0 Å². The molecule has 0 amide bonds. The standard InChI is InChI=1S/C9H17NO2/c1-6(2)8(12)9(3,4)7(11)5-10/h6-8,11-12H,1-4H3/t7-,8+/m0/s1. The van der Waals surface area contributed by atoms with Crippen LogP contribution in [0, 0.1) is 22.7 Å². The van der Waals surface area contributed by atoms with E-state index in [0.29, 0.717) is 0 Å². The molecule has 3 heteroatoms. The Morgan fingerprint density at radius 2 is 1.67 bits per heavy atom. The molecule has 0 radical (unpaired) electrons. The highest BCUT2D eigenvalue weighted by molar-refractivity contribution is 4.98. The Balaban J connectivity index is 4.51. The normalized spacial score (nSPS) is 17.2. The van der Waals surface area contributed by atoms with E-state index in [-0.39, 0.29) is 5.92 Å². The van der Waals surface area contributed by atoms with E-state index in [1.165, 1.54) is 0 Å². The number of hydrogen-bond acceptors (Lipinski definition) is 3. The predicted octanol–water partition coefficient (Wildman–Crippen LogP) is 0.914. The Kier molecular flexibility index (Phi) is 3.69. The van der Waals surface area contributed by atoms with Crippen LogP contribution in [-0.4, -0.2) is 22.4 Å². The Labute approximate surface area is 73.6 Å². The average molecular weight is 171 g/mol. The smallest absolute Gasteiger partial charge is 0.148 e. The molecule has 0 bridgehead atoms. The zero-order valence-corrected chi connectivity index (χ0v) is 8.07. The summed E-state index contributed by atoms with van der Waals surface area (Å²) in [6.45, 7) is 7.09. The molecule has 0 rings (SSSR count). The molecule has 0 aliphatic heterocycles. The van der Waals surface area contributed by atoms with E-state index in [9.17, 15) is 10.2 Å². The maximum absolute atomic E-state index is 9.64. The molecule has 0 aromatic heterocycles. The van der Waals surface area contributed by atoms with E-state index in [0.717, 1.165) is 0 Å². The maximum atomic E-state index is 9.64. The highest BCUT2D eigenvalue weighted by atomic mass is 16.3. The Bertz CT molecular complexity index is 181. The Morgan fingerprint density at radius 3 is 1.92 bits per heavy atom. The highest BCUT2D eigenvalue weighted by Gasteiger charge is 2.37. The molecule has 0 fully saturated rings. The average Bonchev–Trinajstić information content (AvgIpc) is 2.01. The Hall–Kier alpha value is -0.590. The number of aliphatic hydroxyl groups is 2. The van der Waals surface area contributed by atoms with Crippen molar-refractivity contribution in [3.63, 3.8) is 0 Å². The zero-order valence-electron chi connectivity index (χ0n) is 8.07. The van der Waals surface area contributed by atoms with Crippen LogP contribution < -0.4 is 0 Å². The number of nitrogens with zero attached hydrogens (tertiary/aromatic N) is 1. The second kappa shape index (κ2) is 3.88. The van der Waals surface area contributed by atoms with Crippen LogP contribution in [-0.2, 0) is 0 Å². The van der Waals surface area contributed by atoms with Gasteiger partial charge in [-0.05, 0) is 5.92 Å². The molecular weight excluding hydrogens is 154 g/mol. The molecule has 0 heterocycles. The van der Waals surface area contributed by atoms with E-state index in [1.54, 1.807) is 19.9 Å². The summed E-state index contributed by atoms with van der Waals surface area (Å²) < 4.78 is 0. The second-order valence-corrected chi connectivity index (χ2v) is 4.04. The number of nitriles is 1. The fourth-order valence-electron chi connectivity index (χ4n) is 1.19. The minimum absolute atomic E-state index is 0.0444. The van der Waals surface area contributed by atoms with Crippen molar-refractivity contribution in [2.75, 3.05) is 0 Å². The SMILES string of the molecule is CC(C)[C@@H](O)C(C)(C)[C@@H](O)C#N. The van der Waals surface area contributed by atoms with Crippen LogP contribution in [0.1, 0.15) is 27.7 Å². The first-order valence-corrected chi connectivity index (χ1v) is 4.09. The van der Waals surface area contributed by atoms with Gasteiger partial charge in [-0.25, -0.2) is 0 Å². The predicted molar refractivity (Wildman–Crippen MR) is 46.2 cm³/mol. The summed E-state index contributed by atoms with van der Waals surface area (Å²) >= 11 is 0. The Morgan fingerprint density at radius 1 is 1.25 bits per heavy atom. The number of rotatable bonds is 3. The van der Waals surface area contributed by atoms with Gasteiger partial charge in [0.1, 0.15) is 6.10 Å². The second-order valence-electron chi connectivity index (χ2n) is 4.04. The van der Waals surface area contributed by atoms with Crippen molar-refractivity contribution in [1.82, 2.24) is 0 Å². The summed E-state index contributed by atoms with van der Waals surface area (Å²) in [5, 5.41) is 27.4. The molecule has 0 aliphatic rings. The molecule has 2 atom stereocenters. The van der Waals surface area contributed by atoms with Gasteiger partial charge in [0, 0.05) is 5.41 Å². The number of aliphatic hydroxyl groups excluding tert-OH is 2. The van der Waals surface area contributed by atoms with Gasteiger partial charge in [0.2, 0.25) is 0 Å². The third kappa shape index (κ3) is 2.20.